The molecule has 0 aliphatic heterocycles. The molecule has 72 valence electrons. The minimum atomic E-state index is -0.0113. The molecule has 5 heteroatoms. The van der Waals surface area contributed by atoms with Gasteiger partial charge in [0.25, 0.3) is 0 Å². The predicted molar refractivity (Wildman–Crippen MR) is 50.4 cm³/mol. The Labute approximate surface area is 77.1 Å². The van der Waals surface area contributed by atoms with Crippen LogP contribution in [0.1, 0.15) is 6.92 Å². The van der Waals surface area contributed by atoms with Gasteiger partial charge in [0.05, 0.1) is 0 Å². The van der Waals surface area contributed by atoms with Crippen LogP contribution in [0.15, 0.2) is 12.3 Å². The lowest BCUT2D eigenvalue weighted by molar-refractivity contribution is -0.118. The molecule has 1 heterocycles. The summed E-state index contributed by atoms with van der Waals surface area (Å²) >= 11 is 0. The van der Waals surface area contributed by atoms with Crippen molar-refractivity contribution < 1.29 is 4.79 Å². The highest BCUT2D eigenvalue weighted by molar-refractivity contribution is 5.72. The minimum absolute atomic E-state index is 0.0113. The second-order valence-corrected chi connectivity index (χ2v) is 2.78. The largest absolute Gasteiger partial charge is 0.367 e. The smallest absolute Gasteiger partial charge is 0.216 e. The lowest BCUT2D eigenvalue weighted by Crippen LogP contribution is -2.26. The summed E-state index contributed by atoms with van der Waals surface area (Å²) in [5.41, 5.74) is 0. The minimum Gasteiger partial charge on any atom is -0.367 e. The number of nitrogens with zero attached hydrogens (tertiary/aromatic N) is 2. The van der Waals surface area contributed by atoms with Gasteiger partial charge in [0.1, 0.15) is 5.82 Å². The molecule has 13 heavy (non-hydrogen) atoms. The van der Waals surface area contributed by atoms with Crippen LogP contribution in [0.3, 0.4) is 0 Å². The average molecular weight is 182 g/mol. The van der Waals surface area contributed by atoms with Gasteiger partial charge in [0, 0.05) is 39.3 Å². The summed E-state index contributed by atoms with van der Waals surface area (Å²) in [5, 5.41) is 9.88. The third-order valence-corrected chi connectivity index (χ3v) is 1.52. The molecule has 2 N–H and O–H groups in total. The molecule has 0 bridgehead atoms. The molecular formula is C8H14N4O. The molecule has 0 saturated carbocycles. The van der Waals surface area contributed by atoms with Crippen molar-refractivity contribution in [3.63, 3.8) is 0 Å². The molecule has 0 atom stereocenters. The van der Waals surface area contributed by atoms with E-state index in [1.807, 2.05) is 19.3 Å². The van der Waals surface area contributed by atoms with E-state index in [0.717, 1.165) is 5.82 Å². The van der Waals surface area contributed by atoms with Gasteiger partial charge in [-0.3, -0.25) is 9.48 Å². The molecule has 5 nitrogen and oxygen atoms in total. The van der Waals surface area contributed by atoms with Crippen LogP contribution in [-0.2, 0) is 11.8 Å². The zero-order valence-corrected chi connectivity index (χ0v) is 7.87. The number of hydrogen-bond donors (Lipinski definition) is 2. The van der Waals surface area contributed by atoms with Crippen LogP contribution in [-0.4, -0.2) is 28.8 Å². The fraction of sp³-hybridized carbons (Fsp3) is 0.500. The van der Waals surface area contributed by atoms with E-state index in [2.05, 4.69) is 15.7 Å². The third kappa shape index (κ3) is 3.59. The quantitative estimate of drug-likeness (QED) is 0.643. The molecular weight excluding hydrogens is 168 g/mol. The highest BCUT2D eigenvalue weighted by Gasteiger charge is 1.94. The lowest BCUT2D eigenvalue weighted by Gasteiger charge is -2.02. The molecule has 0 aliphatic rings. The monoisotopic (exact) mass is 182 g/mol. The number of hydrogen-bond acceptors (Lipinski definition) is 3. The topological polar surface area (TPSA) is 59.0 Å². The summed E-state index contributed by atoms with van der Waals surface area (Å²) in [6, 6.07) is 1.88. The van der Waals surface area contributed by atoms with E-state index >= 15 is 0 Å². The van der Waals surface area contributed by atoms with Crippen molar-refractivity contribution in [1.29, 1.82) is 0 Å². The van der Waals surface area contributed by atoms with Crippen molar-refractivity contribution in [2.75, 3.05) is 18.4 Å². The Balaban J connectivity index is 2.16. The van der Waals surface area contributed by atoms with Crippen molar-refractivity contribution in [2.24, 2.45) is 7.05 Å². The van der Waals surface area contributed by atoms with E-state index in [9.17, 15) is 4.79 Å². The predicted octanol–water partition coefficient (Wildman–Crippen LogP) is -0.0319. The first-order valence-corrected chi connectivity index (χ1v) is 4.16. The molecule has 1 amide bonds. The van der Waals surface area contributed by atoms with Crippen molar-refractivity contribution in [2.45, 2.75) is 6.92 Å². The lowest BCUT2D eigenvalue weighted by atomic mass is 10.5. The normalized spacial score (nSPS) is 9.69. The molecule has 0 aliphatic carbocycles. The Morgan fingerprint density at radius 1 is 1.62 bits per heavy atom. The highest BCUT2D eigenvalue weighted by Crippen LogP contribution is 1.98. The number of rotatable bonds is 4. The van der Waals surface area contributed by atoms with Crippen LogP contribution in [0.4, 0.5) is 5.82 Å². The number of anilines is 1. The number of carbonyl (C=O) groups excluding carboxylic acids is 1. The number of carbonyl (C=O) groups is 1. The number of aryl methyl sites for hydroxylation is 1. The van der Waals surface area contributed by atoms with Crippen molar-refractivity contribution in [1.82, 2.24) is 15.1 Å². The summed E-state index contributed by atoms with van der Waals surface area (Å²) in [4.78, 5) is 10.5. The average Bonchev–Trinajstić information content (AvgIpc) is 2.45. The Bertz CT molecular complexity index is 281. The zero-order chi connectivity index (χ0) is 9.68. The maximum absolute atomic E-state index is 10.5. The van der Waals surface area contributed by atoms with Gasteiger partial charge in [-0.05, 0) is 0 Å². The van der Waals surface area contributed by atoms with Crippen LogP contribution in [0, 0.1) is 0 Å². The van der Waals surface area contributed by atoms with Crippen LogP contribution in [0.25, 0.3) is 0 Å². The molecule has 0 radical (unpaired) electrons. The van der Waals surface area contributed by atoms with E-state index in [4.69, 9.17) is 0 Å². The van der Waals surface area contributed by atoms with Crippen LogP contribution in [0.5, 0.6) is 0 Å². The Kier molecular flexibility index (Phi) is 3.31. The number of amides is 1. The second kappa shape index (κ2) is 4.49. The van der Waals surface area contributed by atoms with Gasteiger partial charge < -0.3 is 10.6 Å². The maximum atomic E-state index is 10.5. The van der Waals surface area contributed by atoms with Gasteiger partial charge in [-0.15, -0.1) is 0 Å². The summed E-state index contributed by atoms with van der Waals surface area (Å²) in [5.74, 6) is 0.815. The molecule has 0 unspecified atom stereocenters. The number of aromatic nitrogens is 2. The van der Waals surface area contributed by atoms with E-state index in [1.165, 1.54) is 6.92 Å². The summed E-state index contributed by atoms with van der Waals surface area (Å²) in [6.45, 7) is 2.81. The molecule has 1 aromatic rings. The molecule has 0 fully saturated rings. The Morgan fingerprint density at radius 3 is 2.92 bits per heavy atom. The molecule has 0 saturated heterocycles. The van der Waals surface area contributed by atoms with Crippen molar-refractivity contribution in [3.05, 3.63) is 12.3 Å². The maximum Gasteiger partial charge on any atom is 0.216 e. The van der Waals surface area contributed by atoms with Gasteiger partial charge in [-0.1, -0.05) is 0 Å². The SMILES string of the molecule is CC(=O)NCCNc1ccn(C)n1. The van der Waals surface area contributed by atoms with Crippen molar-refractivity contribution in [3.8, 4) is 0 Å². The summed E-state index contributed by atoms with van der Waals surface area (Å²) < 4.78 is 1.72. The molecule has 1 rings (SSSR count). The highest BCUT2D eigenvalue weighted by atomic mass is 16.1. The zero-order valence-electron chi connectivity index (χ0n) is 7.87. The van der Waals surface area contributed by atoms with Gasteiger partial charge in [0.15, 0.2) is 0 Å². The standard InChI is InChI=1S/C8H14N4O/c1-7(13)9-4-5-10-8-3-6-12(2)11-8/h3,6H,4-5H2,1-2H3,(H,9,13)(H,10,11). The first kappa shape index (κ1) is 9.57. The molecule has 0 spiro atoms. The second-order valence-electron chi connectivity index (χ2n) is 2.78. The fourth-order valence-corrected chi connectivity index (χ4v) is 0.938. The van der Waals surface area contributed by atoms with E-state index < -0.39 is 0 Å². The van der Waals surface area contributed by atoms with E-state index in [-0.39, 0.29) is 5.91 Å². The number of nitrogens with one attached hydrogen (secondary N) is 2. The Morgan fingerprint density at radius 2 is 2.38 bits per heavy atom. The summed E-state index contributed by atoms with van der Waals surface area (Å²) in [6.07, 6.45) is 1.86. The van der Waals surface area contributed by atoms with E-state index in [0.29, 0.717) is 13.1 Å². The van der Waals surface area contributed by atoms with Crippen LogP contribution >= 0.6 is 0 Å². The van der Waals surface area contributed by atoms with Crippen LogP contribution < -0.4 is 10.6 Å². The van der Waals surface area contributed by atoms with Gasteiger partial charge in [-0.25, -0.2) is 0 Å². The molecule has 1 aromatic heterocycles. The van der Waals surface area contributed by atoms with Gasteiger partial charge in [-0.2, -0.15) is 5.10 Å². The van der Waals surface area contributed by atoms with Gasteiger partial charge in [0.2, 0.25) is 5.91 Å². The Hall–Kier alpha value is -1.52. The van der Waals surface area contributed by atoms with Crippen LogP contribution in [0.2, 0.25) is 0 Å². The first-order valence-electron chi connectivity index (χ1n) is 4.16. The fourth-order valence-electron chi connectivity index (χ4n) is 0.938. The molecule has 0 aromatic carbocycles. The third-order valence-electron chi connectivity index (χ3n) is 1.52. The first-order chi connectivity index (χ1) is 6.18. The van der Waals surface area contributed by atoms with Crippen molar-refractivity contribution >= 4 is 11.7 Å². The van der Waals surface area contributed by atoms with Gasteiger partial charge >= 0.3 is 0 Å². The van der Waals surface area contributed by atoms with E-state index in [1.54, 1.807) is 4.68 Å². The summed E-state index contributed by atoms with van der Waals surface area (Å²) in [7, 11) is 1.86.